The number of aliphatic hydroxyl groups is 1. The highest BCUT2D eigenvalue weighted by atomic mass is 79.9. The summed E-state index contributed by atoms with van der Waals surface area (Å²) in [6.45, 7) is -0.0194. The number of aromatic nitrogens is 2. The van der Waals surface area contributed by atoms with E-state index in [1.165, 1.54) is 0 Å². The van der Waals surface area contributed by atoms with Crippen LogP contribution in [0.3, 0.4) is 0 Å². The lowest BCUT2D eigenvalue weighted by molar-refractivity contribution is 0.283. The average molecular weight is 257 g/mol. The monoisotopic (exact) mass is 256 g/mol. The van der Waals surface area contributed by atoms with Crippen molar-refractivity contribution in [2.45, 2.75) is 6.61 Å². The Morgan fingerprint density at radius 2 is 2.43 bits per heavy atom. The van der Waals surface area contributed by atoms with E-state index in [1.807, 2.05) is 6.07 Å². The second-order valence-electron chi connectivity index (χ2n) is 2.85. The number of ether oxygens (including phenoxy) is 1. The van der Waals surface area contributed by atoms with Gasteiger partial charge in [0.05, 0.1) is 31.6 Å². The van der Waals surface area contributed by atoms with Gasteiger partial charge < -0.3 is 9.84 Å². The zero-order valence-electron chi connectivity index (χ0n) is 7.57. The second kappa shape index (κ2) is 3.59. The number of pyridine rings is 1. The maximum Gasteiger partial charge on any atom is 0.138 e. The van der Waals surface area contributed by atoms with Crippen molar-refractivity contribution in [3.05, 3.63) is 28.5 Å². The van der Waals surface area contributed by atoms with Crippen molar-refractivity contribution in [1.29, 1.82) is 0 Å². The van der Waals surface area contributed by atoms with Crippen LogP contribution in [-0.4, -0.2) is 21.8 Å². The van der Waals surface area contributed by atoms with Crippen molar-refractivity contribution in [3.63, 3.8) is 0 Å². The SMILES string of the molecule is COc1cc(Br)c2c(CO)cnn2c1. The zero-order chi connectivity index (χ0) is 10.1. The van der Waals surface area contributed by atoms with Crippen LogP contribution in [-0.2, 0) is 6.61 Å². The van der Waals surface area contributed by atoms with Crippen LogP contribution in [0.25, 0.3) is 5.52 Å². The third-order valence-electron chi connectivity index (χ3n) is 2.02. The fourth-order valence-electron chi connectivity index (χ4n) is 1.34. The summed E-state index contributed by atoms with van der Waals surface area (Å²) >= 11 is 3.41. The van der Waals surface area contributed by atoms with E-state index in [0.717, 1.165) is 21.3 Å². The molecule has 0 fully saturated rings. The van der Waals surface area contributed by atoms with Crippen LogP contribution in [0.1, 0.15) is 5.56 Å². The summed E-state index contributed by atoms with van der Waals surface area (Å²) in [6, 6.07) is 1.84. The van der Waals surface area contributed by atoms with Crippen LogP contribution in [0.15, 0.2) is 22.9 Å². The van der Waals surface area contributed by atoms with Gasteiger partial charge in [0.15, 0.2) is 0 Å². The zero-order valence-corrected chi connectivity index (χ0v) is 9.15. The van der Waals surface area contributed by atoms with Crippen LogP contribution in [0.4, 0.5) is 0 Å². The third kappa shape index (κ3) is 1.38. The first-order valence-corrected chi connectivity index (χ1v) is 4.86. The molecule has 0 atom stereocenters. The Labute approximate surface area is 89.2 Å². The molecule has 0 bridgehead atoms. The van der Waals surface area contributed by atoms with Gasteiger partial charge in [-0.3, -0.25) is 0 Å². The van der Waals surface area contributed by atoms with Crippen molar-refractivity contribution in [3.8, 4) is 5.75 Å². The molecule has 2 aromatic heterocycles. The number of hydrogen-bond acceptors (Lipinski definition) is 3. The quantitative estimate of drug-likeness (QED) is 0.888. The molecular formula is C9H9BrN2O2. The smallest absolute Gasteiger partial charge is 0.138 e. The standard InChI is InChI=1S/C9H9BrN2O2/c1-14-7-2-8(10)9-6(5-13)3-11-12(9)4-7/h2-4,13H,5H2,1H3. The van der Waals surface area contributed by atoms with E-state index in [-0.39, 0.29) is 6.61 Å². The molecule has 0 saturated heterocycles. The van der Waals surface area contributed by atoms with Gasteiger partial charge in [0.2, 0.25) is 0 Å². The minimum atomic E-state index is -0.0194. The molecule has 14 heavy (non-hydrogen) atoms. The Hall–Kier alpha value is -1.07. The molecule has 2 rings (SSSR count). The van der Waals surface area contributed by atoms with Crippen LogP contribution in [0.2, 0.25) is 0 Å². The molecule has 5 heteroatoms. The minimum Gasteiger partial charge on any atom is -0.495 e. The van der Waals surface area contributed by atoms with Crippen molar-refractivity contribution in [2.24, 2.45) is 0 Å². The van der Waals surface area contributed by atoms with Crippen LogP contribution < -0.4 is 4.74 Å². The minimum absolute atomic E-state index is 0.0194. The lowest BCUT2D eigenvalue weighted by Crippen LogP contribution is -1.92. The molecular weight excluding hydrogens is 248 g/mol. The van der Waals surface area contributed by atoms with E-state index < -0.39 is 0 Å². The number of aliphatic hydroxyl groups excluding tert-OH is 1. The van der Waals surface area contributed by atoms with Crippen molar-refractivity contribution >= 4 is 21.4 Å². The first-order valence-electron chi connectivity index (χ1n) is 4.07. The first-order chi connectivity index (χ1) is 6.76. The van der Waals surface area contributed by atoms with Crippen molar-refractivity contribution < 1.29 is 9.84 Å². The topological polar surface area (TPSA) is 46.8 Å². The van der Waals surface area contributed by atoms with E-state index in [4.69, 9.17) is 9.84 Å². The van der Waals surface area contributed by atoms with Gasteiger partial charge in [0.25, 0.3) is 0 Å². The fourth-order valence-corrected chi connectivity index (χ4v) is 2.00. The van der Waals surface area contributed by atoms with Gasteiger partial charge in [-0.05, 0) is 22.0 Å². The van der Waals surface area contributed by atoms with Gasteiger partial charge in [0, 0.05) is 10.0 Å². The summed E-state index contributed by atoms with van der Waals surface area (Å²) < 4.78 is 7.63. The predicted molar refractivity (Wildman–Crippen MR) is 55.4 cm³/mol. The van der Waals surface area contributed by atoms with Crippen LogP contribution in [0, 0.1) is 0 Å². The molecule has 1 N–H and O–H groups in total. The molecule has 0 saturated carbocycles. The maximum absolute atomic E-state index is 9.07. The van der Waals surface area contributed by atoms with Crippen LogP contribution >= 0.6 is 15.9 Å². The lowest BCUT2D eigenvalue weighted by Gasteiger charge is -2.03. The van der Waals surface area contributed by atoms with E-state index in [0.29, 0.717) is 0 Å². The molecule has 0 aliphatic heterocycles. The highest BCUT2D eigenvalue weighted by molar-refractivity contribution is 9.10. The van der Waals surface area contributed by atoms with E-state index >= 15 is 0 Å². The van der Waals surface area contributed by atoms with Gasteiger partial charge in [-0.25, -0.2) is 4.52 Å². The van der Waals surface area contributed by atoms with E-state index in [2.05, 4.69) is 21.0 Å². The Morgan fingerprint density at radius 3 is 3.07 bits per heavy atom. The largest absolute Gasteiger partial charge is 0.495 e. The number of rotatable bonds is 2. The summed E-state index contributed by atoms with van der Waals surface area (Å²) in [5, 5.41) is 13.2. The number of fused-ring (bicyclic) bond motifs is 1. The van der Waals surface area contributed by atoms with Crippen LogP contribution in [0.5, 0.6) is 5.75 Å². The van der Waals surface area contributed by atoms with E-state index in [1.54, 1.807) is 24.0 Å². The summed E-state index contributed by atoms with van der Waals surface area (Å²) in [7, 11) is 1.60. The molecule has 0 aliphatic carbocycles. The summed E-state index contributed by atoms with van der Waals surface area (Å²) in [5.74, 6) is 0.719. The molecule has 0 spiro atoms. The van der Waals surface area contributed by atoms with Gasteiger partial charge in [-0.15, -0.1) is 0 Å². The van der Waals surface area contributed by atoms with Gasteiger partial charge in [0.1, 0.15) is 5.75 Å². The summed E-state index contributed by atoms with van der Waals surface area (Å²) in [4.78, 5) is 0. The molecule has 0 amide bonds. The van der Waals surface area contributed by atoms with Gasteiger partial charge in [-0.2, -0.15) is 5.10 Å². The third-order valence-corrected chi connectivity index (χ3v) is 2.63. The maximum atomic E-state index is 9.07. The Balaban J connectivity index is 2.72. The van der Waals surface area contributed by atoms with Gasteiger partial charge >= 0.3 is 0 Å². The molecule has 0 unspecified atom stereocenters. The van der Waals surface area contributed by atoms with Gasteiger partial charge in [-0.1, -0.05) is 0 Å². The molecule has 74 valence electrons. The molecule has 2 aromatic rings. The predicted octanol–water partition coefficient (Wildman–Crippen LogP) is 1.60. The number of halogens is 1. The summed E-state index contributed by atoms with van der Waals surface area (Å²) in [5.41, 5.74) is 1.66. The number of nitrogens with zero attached hydrogens (tertiary/aromatic N) is 2. The van der Waals surface area contributed by atoms with Crippen molar-refractivity contribution in [2.75, 3.05) is 7.11 Å². The normalized spacial score (nSPS) is 10.8. The Bertz CT molecular complexity index is 467. The number of hydrogen-bond donors (Lipinski definition) is 1. The second-order valence-corrected chi connectivity index (χ2v) is 3.70. The lowest BCUT2D eigenvalue weighted by atomic mass is 10.3. The molecule has 0 aliphatic rings. The molecule has 0 radical (unpaired) electrons. The van der Waals surface area contributed by atoms with Crippen molar-refractivity contribution in [1.82, 2.24) is 9.61 Å². The molecule has 2 heterocycles. The summed E-state index contributed by atoms with van der Waals surface area (Å²) in [6.07, 6.45) is 3.40. The van der Waals surface area contributed by atoms with E-state index in [9.17, 15) is 0 Å². The highest BCUT2D eigenvalue weighted by Gasteiger charge is 2.08. The highest BCUT2D eigenvalue weighted by Crippen LogP contribution is 2.26. The fraction of sp³-hybridized carbons (Fsp3) is 0.222. The molecule has 4 nitrogen and oxygen atoms in total. The number of methoxy groups -OCH3 is 1. The molecule has 0 aromatic carbocycles. The first kappa shape index (κ1) is 9.48. The average Bonchev–Trinajstić information content (AvgIpc) is 2.61. The Morgan fingerprint density at radius 1 is 1.64 bits per heavy atom. The Kier molecular flexibility index (Phi) is 2.43.